The predicted molar refractivity (Wildman–Crippen MR) is 118 cm³/mol. The fourth-order valence-corrected chi connectivity index (χ4v) is 4.11. The highest BCUT2D eigenvalue weighted by Crippen LogP contribution is 2.25. The summed E-state index contributed by atoms with van der Waals surface area (Å²) in [4.78, 5) is 30.0. The van der Waals surface area contributed by atoms with Gasteiger partial charge in [0, 0.05) is 11.0 Å². The van der Waals surface area contributed by atoms with Crippen LogP contribution in [0.15, 0.2) is 75.6 Å². The van der Waals surface area contributed by atoms with Gasteiger partial charge < -0.3 is 5.32 Å². The quantitative estimate of drug-likeness (QED) is 0.328. The Kier molecular flexibility index (Phi) is 6.70. The maximum absolute atomic E-state index is 13.3. The van der Waals surface area contributed by atoms with Crippen LogP contribution in [-0.2, 0) is 4.79 Å². The van der Waals surface area contributed by atoms with Gasteiger partial charge in [0.15, 0.2) is 5.16 Å². The second-order valence-corrected chi connectivity index (χ2v) is 8.06. The van der Waals surface area contributed by atoms with Crippen molar-refractivity contribution in [3.05, 3.63) is 81.6 Å². The Balaban J connectivity index is 2.07. The summed E-state index contributed by atoms with van der Waals surface area (Å²) in [5.74, 6) is 0.0399. The van der Waals surface area contributed by atoms with Gasteiger partial charge >= 0.3 is 0 Å². The third-order valence-electron chi connectivity index (χ3n) is 4.28. The van der Waals surface area contributed by atoms with Crippen LogP contribution in [0.1, 0.15) is 18.5 Å². The summed E-state index contributed by atoms with van der Waals surface area (Å²) >= 11 is 4.68. The molecule has 0 saturated carbocycles. The zero-order valence-corrected chi connectivity index (χ0v) is 17.8. The van der Waals surface area contributed by atoms with E-state index >= 15 is 0 Å². The van der Waals surface area contributed by atoms with Crippen LogP contribution in [0.2, 0.25) is 0 Å². The normalized spacial score (nSPS) is 11.9. The first-order valence-corrected chi connectivity index (χ1v) is 10.6. The van der Waals surface area contributed by atoms with Gasteiger partial charge in [0.1, 0.15) is 0 Å². The molecule has 1 atom stereocenters. The molecule has 2 aromatic carbocycles. The van der Waals surface area contributed by atoms with Crippen molar-refractivity contribution >= 4 is 44.5 Å². The van der Waals surface area contributed by atoms with E-state index in [9.17, 15) is 9.59 Å². The van der Waals surface area contributed by atoms with E-state index in [4.69, 9.17) is 0 Å². The average molecular weight is 458 g/mol. The minimum atomic E-state index is -0.219. The summed E-state index contributed by atoms with van der Waals surface area (Å²) in [7, 11) is 0. The zero-order valence-electron chi connectivity index (χ0n) is 15.4. The largest absolute Gasteiger partial charge is 0.352 e. The summed E-state index contributed by atoms with van der Waals surface area (Å²) in [6, 6.07) is 15.0. The molecule has 0 radical (unpaired) electrons. The van der Waals surface area contributed by atoms with Crippen LogP contribution in [0.25, 0.3) is 10.9 Å². The van der Waals surface area contributed by atoms with Crippen molar-refractivity contribution in [1.82, 2.24) is 14.9 Å². The van der Waals surface area contributed by atoms with Gasteiger partial charge in [-0.2, -0.15) is 0 Å². The van der Waals surface area contributed by atoms with Crippen LogP contribution in [0.4, 0.5) is 0 Å². The second-order valence-electron chi connectivity index (χ2n) is 6.20. The second kappa shape index (κ2) is 9.21. The number of nitrogens with zero attached hydrogens (tertiary/aromatic N) is 2. The number of thioether (sulfide) groups is 1. The fraction of sp³-hybridized carbons (Fsp3) is 0.190. The maximum atomic E-state index is 13.3. The smallest absolute Gasteiger partial charge is 0.262 e. The van der Waals surface area contributed by atoms with E-state index in [1.54, 1.807) is 22.8 Å². The topological polar surface area (TPSA) is 64.0 Å². The number of rotatable bonds is 7. The highest BCUT2D eigenvalue weighted by atomic mass is 79.9. The molecule has 7 heteroatoms. The van der Waals surface area contributed by atoms with Crippen molar-refractivity contribution in [1.29, 1.82) is 0 Å². The van der Waals surface area contributed by atoms with Crippen LogP contribution < -0.4 is 10.9 Å². The SMILES string of the molecule is C=CCNC(=O)CSc1nc2ccc(Br)cc2c(=O)n1C(C)c1ccccc1. The standard InChI is InChI=1S/C21H20BrN3O2S/c1-3-11-23-19(26)13-28-21-24-18-10-9-16(22)12-17(18)20(27)25(21)14(2)15-7-5-4-6-8-15/h3-10,12,14H,1,11,13H2,2H3,(H,23,26). The average Bonchev–Trinajstić information content (AvgIpc) is 2.71. The van der Waals surface area contributed by atoms with Gasteiger partial charge in [0.25, 0.3) is 5.56 Å². The summed E-state index contributed by atoms with van der Waals surface area (Å²) in [6.07, 6.45) is 1.63. The van der Waals surface area contributed by atoms with Crippen LogP contribution in [0.5, 0.6) is 0 Å². The Morgan fingerprint density at radius 1 is 1.32 bits per heavy atom. The van der Waals surface area contributed by atoms with Gasteiger partial charge in [0.05, 0.1) is 22.7 Å². The third-order valence-corrected chi connectivity index (χ3v) is 5.72. The first kappa shape index (κ1) is 20.4. The van der Waals surface area contributed by atoms with E-state index in [-0.39, 0.29) is 23.3 Å². The lowest BCUT2D eigenvalue weighted by atomic mass is 10.1. The van der Waals surface area contributed by atoms with Crippen LogP contribution >= 0.6 is 27.7 Å². The number of fused-ring (bicyclic) bond motifs is 1. The van der Waals surface area contributed by atoms with E-state index in [0.717, 1.165) is 10.0 Å². The zero-order chi connectivity index (χ0) is 20.1. The molecule has 5 nitrogen and oxygen atoms in total. The van der Waals surface area contributed by atoms with Gasteiger partial charge in [-0.25, -0.2) is 4.98 Å². The van der Waals surface area contributed by atoms with Crippen molar-refractivity contribution in [3.8, 4) is 0 Å². The highest BCUT2D eigenvalue weighted by Gasteiger charge is 2.19. The molecular formula is C21H20BrN3O2S. The number of hydrogen-bond donors (Lipinski definition) is 1. The monoisotopic (exact) mass is 457 g/mol. The van der Waals surface area contributed by atoms with Crippen LogP contribution in [0.3, 0.4) is 0 Å². The van der Waals surface area contributed by atoms with Crippen molar-refractivity contribution in [3.63, 3.8) is 0 Å². The minimum absolute atomic E-state index is 0.128. The number of carbonyl (C=O) groups excluding carboxylic acids is 1. The number of aromatic nitrogens is 2. The van der Waals surface area contributed by atoms with Crippen molar-refractivity contribution in [2.24, 2.45) is 0 Å². The molecule has 0 fully saturated rings. The molecule has 1 N–H and O–H groups in total. The third kappa shape index (κ3) is 4.54. The molecule has 144 valence electrons. The summed E-state index contributed by atoms with van der Waals surface area (Å²) < 4.78 is 2.48. The molecule has 1 unspecified atom stereocenters. The Labute approximate surface area is 176 Å². The van der Waals surface area contributed by atoms with Crippen LogP contribution in [-0.4, -0.2) is 27.8 Å². The molecule has 0 bridgehead atoms. The summed E-state index contributed by atoms with van der Waals surface area (Å²) in [5, 5.41) is 3.80. The molecule has 1 aromatic heterocycles. The number of halogens is 1. The van der Waals surface area contributed by atoms with Crippen LogP contribution in [0, 0.1) is 0 Å². The molecule has 3 aromatic rings. The maximum Gasteiger partial charge on any atom is 0.262 e. The molecular weight excluding hydrogens is 438 g/mol. The molecule has 28 heavy (non-hydrogen) atoms. The van der Waals surface area contributed by atoms with E-state index in [0.29, 0.717) is 22.6 Å². The van der Waals surface area contributed by atoms with Gasteiger partial charge in [-0.05, 0) is 30.7 Å². The molecule has 0 aliphatic heterocycles. The first-order valence-electron chi connectivity index (χ1n) is 8.78. The van der Waals surface area contributed by atoms with Gasteiger partial charge in [-0.1, -0.05) is 64.1 Å². The number of amides is 1. The molecule has 3 rings (SSSR count). The van der Waals surface area contributed by atoms with Crippen molar-refractivity contribution < 1.29 is 4.79 Å². The summed E-state index contributed by atoms with van der Waals surface area (Å²) in [6.45, 7) is 5.96. The minimum Gasteiger partial charge on any atom is -0.352 e. The fourth-order valence-electron chi connectivity index (χ4n) is 2.84. The van der Waals surface area contributed by atoms with Crippen molar-refractivity contribution in [2.45, 2.75) is 18.1 Å². The predicted octanol–water partition coefficient (Wildman–Crippen LogP) is 4.16. The highest BCUT2D eigenvalue weighted by molar-refractivity contribution is 9.10. The lowest BCUT2D eigenvalue weighted by molar-refractivity contribution is -0.118. The molecule has 0 saturated heterocycles. The number of nitrogens with one attached hydrogen (secondary N) is 1. The molecule has 0 spiro atoms. The molecule has 1 heterocycles. The molecule has 1 amide bonds. The Bertz CT molecular complexity index is 1070. The van der Waals surface area contributed by atoms with Gasteiger partial charge in [-0.3, -0.25) is 14.2 Å². The lowest BCUT2D eigenvalue weighted by Gasteiger charge is -2.20. The van der Waals surface area contributed by atoms with E-state index < -0.39 is 0 Å². The number of carbonyl (C=O) groups is 1. The Morgan fingerprint density at radius 2 is 2.07 bits per heavy atom. The van der Waals surface area contributed by atoms with Crippen molar-refractivity contribution in [2.75, 3.05) is 12.3 Å². The Morgan fingerprint density at radius 3 is 2.79 bits per heavy atom. The van der Waals surface area contributed by atoms with E-state index in [1.807, 2.05) is 43.3 Å². The lowest BCUT2D eigenvalue weighted by Crippen LogP contribution is -2.29. The van der Waals surface area contributed by atoms with E-state index in [2.05, 4.69) is 32.8 Å². The summed E-state index contributed by atoms with van der Waals surface area (Å²) in [5.41, 5.74) is 1.48. The number of benzene rings is 2. The Hall–Kier alpha value is -2.38. The van der Waals surface area contributed by atoms with Gasteiger partial charge in [-0.15, -0.1) is 6.58 Å². The van der Waals surface area contributed by atoms with E-state index in [1.165, 1.54) is 11.8 Å². The number of hydrogen-bond acceptors (Lipinski definition) is 4. The molecule has 0 aliphatic rings. The molecule has 0 aliphatic carbocycles. The van der Waals surface area contributed by atoms with Gasteiger partial charge in [0.2, 0.25) is 5.91 Å². The first-order chi connectivity index (χ1) is 13.5.